The van der Waals surface area contributed by atoms with Crippen molar-refractivity contribution in [3.63, 3.8) is 0 Å². The molecule has 0 aliphatic rings. The van der Waals surface area contributed by atoms with Gasteiger partial charge in [-0.1, -0.05) is 22.9 Å². The van der Waals surface area contributed by atoms with E-state index in [1.807, 2.05) is 38.1 Å². The van der Waals surface area contributed by atoms with E-state index in [4.69, 9.17) is 26.1 Å². The Bertz CT molecular complexity index is 993. The number of anilines is 1. The van der Waals surface area contributed by atoms with Gasteiger partial charge in [-0.25, -0.2) is 4.98 Å². The van der Waals surface area contributed by atoms with E-state index in [0.717, 1.165) is 21.5 Å². The third-order valence-electron chi connectivity index (χ3n) is 4.46. The fourth-order valence-corrected chi connectivity index (χ4v) is 3.95. The Labute approximate surface area is 191 Å². The van der Waals surface area contributed by atoms with Gasteiger partial charge in [-0.15, -0.1) is 12.4 Å². The van der Waals surface area contributed by atoms with Crippen molar-refractivity contribution >= 4 is 56.6 Å². The third-order valence-corrected chi connectivity index (χ3v) is 5.91. The zero-order chi connectivity index (χ0) is 21.0. The fraction of sp³-hybridized carbons (Fsp3) is 0.333. The molecular formula is C21H25Cl2N3O3S. The molecule has 9 heteroatoms. The van der Waals surface area contributed by atoms with Crippen molar-refractivity contribution in [2.45, 2.75) is 6.92 Å². The lowest BCUT2D eigenvalue weighted by molar-refractivity contribution is -0.120. The maximum atomic E-state index is 13.0. The first kappa shape index (κ1) is 24.2. The molecule has 0 aliphatic carbocycles. The number of carbonyl (C=O) groups excluding carboxylic acids is 1. The number of likely N-dealkylation sites (N-methyl/N-ethyl adjacent to an activating group) is 1. The summed E-state index contributed by atoms with van der Waals surface area (Å²) in [6.07, 6.45) is 0. The van der Waals surface area contributed by atoms with E-state index in [2.05, 4.69) is 0 Å². The van der Waals surface area contributed by atoms with Crippen LogP contribution in [0.15, 0.2) is 36.4 Å². The van der Waals surface area contributed by atoms with Crippen molar-refractivity contribution in [1.82, 2.24) is 9.88 Å². The number of thiazole rings is 1. The standard InChI is InChI=1S/C21H24ClN3O3S.ClH/c1-14-17(22)9-10-18-20(14)23-21(29-18)25(12-11-24(2)3)19(26)13-28-16-7-5-15(27-4)6-8-16;/h5-10H,11-13H2,1-4H3;1H. The SMILES string of the molecule is COc1ccc(OCC(=O)N(CCN(C)C)c2nc3c(C)c(Cl)ccc3s2)cc1.Cl. The van der Waals surface area contributed by atoms with Gasteiger partial charge in [0.25, 0.3) is 5.91 Å². The number of methoxy groups -OCH3 is 1. The van der Waals surface area contributed by atoms with Crippen LogP contribution in [0.4, 0.5) is 5.13 Å². The number of halogens is 2. The molecule has 0 saturated carbocycles. The molecule has 2 aromatic carbocycles. The molecule has 0 unspecified atom stereocenters. The Morgan fingerprint density at radius 1 is 1.10 bits per heavy atom. The second-order valence-electron chi connectivity index (χ2n) is 6.83. The first-order chi connectivity index (χ1) is 13.9. The lowest BCUT2D eigenvalue weighted by Gasteiger charge is -2.22. The van der Waals surface area contributed by atoms with Crippen molar-refractivity contribution < 1.29 is 14.3 Å². The second-order valence-corrected chi connectivity index (χ2v) is 8.24. The maximum Gasteiger partial charge on any atom is 0.266 e. The summed E-state index contributed by atoms with van der Waals surface area (Å²) in [7, 11) is 5.55. The summed E-state index contributed by atoms with van der Waals surface area (Å²) in [6.45, 7) is 3.09. The average Bonchev–Trinajstić information content (AvgIpc) is 3.14. The van der Waals surface area contributed by atoms with Gasteiger partial charge in [-0.3, -0.25) is 9.69 Å². The molecule has 0 atom stereocenters. The molecule has 0 bridgehead atoms. The number of benzene rings is 2. The average molecular weight is 470 g/mol. The number of carbonyl (C=O) groups is 1. The van der Waals surface area contributed by atoms with Crippen LogP contribution in [0.25, 0.3) is 10.2 Å². The van der Waals surface area contributed by atoms with Crippen molar-refractivity contribution in [3.8, 4) is 11.5 Å². The summed E-state index contributed by atoms with van der Waals surface area (Å²) in [5, 5.41) is 1.32. The van der Waals surface area contributed by atoms with E-state index in [-0.39, 0.29) is 24.9 Å². The first-order valence-electron chi connectivity index (χ1n) is 9.16. The number of hydrogen-bond donors (Lipinski definition) is 0. The van der Waals surface area contributed by atoms with Gasteiger partial charge in [0.15, 0.2) is 11.7 Å². The molecule has 0 spiro atoms. The molecule has 0 fully saturated rings. The number of hydrogen-bond acceptors (Lipinski definition) is 6. The minimum atomic E-state index is -0.148. The lowest BCUT2D eigenvalue weighted by Crippen LogP contribution is -2.39. The molecule has 6 nitrogen and oxygen atoms in total. The van der Waals surface area contributed by atoms with Gasteiger partial charge in [0.05, 0.1) is 17.3 Å². The predicted octanol–water partition coefficient (Wildman–Crippen LogP) is 4.66. The molecule has 0 radical (unpaired) electrons. The molecule has 162 valence electrons. The van der Waals surface area contributed by atoms with E-state index in [0.29, 0.717) is 29.0 Å². The van der Waals surface area contributed by atoms with Gasteiger partial charge in [-0.2, -0.15) is 0 Å². The topological polar surface area (TPSA) is 54.9 Å². The van der Waals surface area contributed by atoms with Crippen LogP contribution in [0.3, 0.4) is 0 Å². The minimum Gasteiger partial charge on any atom is -0.497 e. The van der Waals surface area contributed by atoms with Crippen LogP contribution in [0.1, 0.15) is 5.56 Å². The molecule has 0 aliphatic heterocycles. The Hall–Kier alpha value is -2.06. The molecule has 1 amide bonds. The number of aromatic nitrogens is 1. The van der Waals surface area contributed by atoms with Crippen molar-refractivity contribution in [1.29, 1.82) is 0 Å². The molecular weight excluding hydrogens is 445 g/mol. The van der Waals surface area contributed by atoms with Crippen LogP contribution in [0.5, 0.6) is 11.5 Å². The Morgan fingerprint density at radius 2 is 1.77 bits per heavy atom. The second kappa shape index (κ2) is 10.8. The summed E-state index contributed by atoms with van der Waals surface area (Å²) in [5.41, 5.74) is 1.75. The predicted molar refractivity (Wildman–Crippen MR) is 126 cm³/mol. The highest BCUT2D eigenvalue weighted by molar-refractivity contribution is 7.22. The number of ether oxygens (including phenoxy) is 2. The van der Waals surface area contributed by atoms with E-state index >= 15 is 0 Å². The lowest BCUT2D eigenvalue weighted by atomic mass is 10.2. The van der Waals surface area contributed by atoms with Gasteiger partial charge in [0.1, 0.15) is 11.5 Å². The van der Waals surface area contributed by atoms with Crippen LogP contribution >= 0.6 is 35.3 Å². The largest absolute Gasteiger partial charge is 0.497 e. The van der Waals surface area contributed by atoms with Crippen molar-refractivity contribution in [3.05, 3.63) is 47.0 Å². The normalized spacial score (nSPS) is 10.7. The number of fused-ring (bicyclic) bond motifs is 1. The molecule has 30 heavy (non-hydrogen) atoms. The van der Waals surface area contributed by atoms with E-state index in [9.17, 15) is 4.79 Å². The number of nitrogens with zero attached hydrogens (tertiary/aromatic N) is 3. The van der Waals surface area contributed by atoms with Crippen molar-refractivity contribution in [2.75, 3.05) is 45.8 Å². The Kier molecular flexibility index (Phi) is 8.73. The first-order valence-corrected chi connectivity index (χ1v) is 10.4. The van der Waals surface area contributed by atoms with Gasteiger partial charge in [0.2, 0.25) is 0 Å². The number of amides is 1. The maximum absolute atomic E-state index is 13.0. The molecule has 3 rings (SSSR count). The highest BCUT2D eigenvalue weighted by Crippen LogP contribution is 2.33. The molecule has 1 aromatic heterocycles. The zero-order valence-corrected chi connectivity index (χ0v) is 19.7. The summed E-state index contributed by atoms with van der Waals surface area (Å²) >= 11 is 7.71. The van der Waals surface area contributed by atoms with Crippen LogP contribution in [0, 0.1) is 6.92 Å². The van der Waals surface area contributed by atoms with Crippen molar-refractivity contribution in [2.24, 2.45) is 0 Å². The van der Waals surface area contributed by atoms with Gasteiger partial charge in [-0.05, 0) is 63.0 Å². The highest BCUT2D eigenvalue weighted by atomic mass is 35.5. The number of rotatable bonds is 8. The smallest absolute Gasteiger partial charge is 0.266 e. The van der Waals surface area contributed by atoms with Crippen LogP contribution in [-0.2, 0) is 4.79 Å². The quantitative estimate of drug-likeness (QED) is 0.479. The molecule has 0 saturated heterocycles. The fourth-order valence-electron chi connectivity index (χ4n) is 2.73. The van der Waals surface area contributed by atoms with E-state index < -0.39 is 0 Å². The monoisotopic (exact) mass is 469 g/mol. The number of aryl methyl sites for hydroxylation is 1. The highest BCUT2D eigenvalue weighted by Gasteiger charge is 2.21. The van der Waals surface area contributed by atoms with E-state index in [1.54, 1.807) is 36.3 Å². The van der Waals surface area contributed by atoms with E-state index in [1.165, 1.54) is 11.3 Å². The van der Waals surface area contributed by atoms with Crippen LogP contribution in [0.2, 0.25) is 5.02 Å². The minimum absolute atomic E-state index is 0. The van der Waals surface area contributed by atoms with Gasteiger partial charge in [0, 0.05) is 18.1 Å². The molecule has 1 heterocycles. The summed E-state index contributed by atoms with van der Waals surface area (Å²) in [4.78, 5) is 21.4. The Balaban J connectivity index is 0.00000320. The van der Waals surface area contributed by atoms with Crippen LogP contribution < -0.4 is 14.4 Å². The van der Waals surface area contributed by atoms with Gasteiger partial charge >= 0.3 is 0 Å². The van der Waals surface area contributed by atoms with Crippen LogP contribution in [-0.4, -0.2) is 56.7 Å². The molecule has 0 N–H and O–H groups in total. The summed E-state index contributed by atoms with van der Waals surface area (Å²) in [6, 6.07) is 10.9. The summed E-state index contributed by atoms with van der Waals surface area (Å²) in [5.74, 6) is 1.20. The zero-order valence-electron chi connectivity index (χ0n) is 17.3. The third kappa shape index (κ3) is 5.76. The Morgan fingerprint density at radius 3 is 2.40 bits per heavy atom. The summed E-state index contributed by atoms with van der Waals surface area (Å²) < 4.78 is 11.8. The van der Waals surface area contributed by atoms with Gasteiger partial charge < -0.3 is 14.4 Å². The molecule has 3 aromatic rings.